The molecule has 0 aromatic heterocycles. The molecule has 0 saturated heterocycles. The molecule has 0 fully saturated rings. The predicted octanol–water partition coefficient (Wildman–Crippen LogP) is 2.04. The third kappa shape index (κ3) is 3.13. The molecule has 0 aliphatic carbocycles. The first kappa shape index (κ1) is 14.3. The molecule has 0 atom stereocenters. The predicted molar refractivity (Wildman–Crippen MR) is 75.2 cm³/mol. The Balaban J connectivity index is 3.18. The van der Waals surface area contributed by atoms with Crippen LogP contribution in [0.1, 0.15) is 18.1 Å². The topological polar surface area (TPSA) is 84.7 Å². The number of benzene rings is 1. The van der Waals surface area contributed by atoms with E-state index in [-0.39, 0.29) is 5.96 Å². The highest BCUT2D eigenvalue weighted by Gasteiger charge is 2.16. The molecule has 0 saturated carbocycles. The molecule has 1 aromatic rings. The number of hydrogen-bond donors (Lipinski definition) is 2. The number of amides is 2. The third-order valence-electron chi connectivity index (χ3n) is 2.57. The van der Waals surface area contributed by atoms with E-state index in [4.69, 9.17) is 23.1 Å². The van der Waals surface area contributed by atoms with E-state index in [9.17, 15) is 4.79 Å². The summed E-state index contributed by atoms with van der Waals surface area (Å²) in [7, 11) is 1.58. The number of guanidine groups is 1. The average molecular weight is 269 g/mol. The Bertz CT molecular complexity index is 472. The molecular formula is C12H17ClN4O. The van der Waals surface area contributed by atoms with Gasteiger partial charge in [0, 0.05) is 7.05 Å². The van der Waals surface area contributed by atoms with E-state index in [1.807, 2.05) is 26.0 Å². The molecule has 0 bridgehead atoms. The molecule has 0 spiro atoms. The number of nitrogens with two attached hydrogens (primary N) is 2. The van der Waals surface area contributed by atoms with Crippen molar-refractivity contribution in [2.75, 3.05) is 11.9 Å². The highest BCUT2D eigenvalue weighted by Crippen LogP contribution is 2.31. The Morgan fingerprint density at radius 2 is 2.06 bits per heavy atom. The largest absolute Gasteiger partial charge is 0.370 e. The monoisotopic (exact) mass is 268 g/mol. The van der Waals surface area contributed by atoms with Crippen LogP contribution in [0.25, 0.3) is 0 Å². The Hall–Kier alpha value is -1.75. The van der Waals surface area contributed by atoms with E-state index < -0.39 is 6.03 Å². The summed E-state index contributed by atoms with van der Waals surface area (Å²) in [6, 6.07) is 3.27. The van der Waals surface area contributed by atoms with Crippen LogP contribution in [0.2, 0.25) is 5.02 Å². The number of aryl methyl sites for hydroxylation is 2. The van der Waals surface area contributed by atoms with Crippen LogP contribution in [0.4, 0.5) is 10.5 Å². The number of urea groups is 1. The minimum Gasteiger partial charge on any atom is -0.370 e. The summed E-state index contributed by atoms with van der Waals surface area (Å²) in [6.45, 7) is 3.93. The number of anilines is 1. The van der Waals surface area contributed by atoms with Gasteiger partial charge in [0.2, 0.25) is 0 Å². The van der Waals surface area contributed by atoms with Crippen LogP contribution in [0, 0.1) is 6.92 Å². The van der Waals surface area contributed by atoms with Gasteiger partial charge < -0.3 is 11.5 Å². The van der Waals surface area contributed by atoms with Gasteiger partial charge in [0.05, 0.1) is 10.7 Å². The number of rotatable bonds is 2. The minimum absolute atomic E-state index is 0.272. The molecule has 4 N–H and O–H groups in total. The molecule has 6 heteroatoms. The molecule has 0 radical (unpaired) electrons. The lowest BCUT2D eigenvalue weighted by molar-refractivity contribution is 0.255. The van der Waals surface area contributed by atoms with E-state index in [1.54, 1.807) is 7.05 Å². The lowest BCUT2D eigenvalue weighted by Crippen LogP contribution is -2.30. The molecule has 0 heterocycles. The van der Waals surface area contributed by atoms with E-state index >= 15 is 0 Å². The summed E-state index contributed by atoms with van der Waals surface area (Å²) >= 11 is 6.18. The van der Waals surface area contributed by atoms with E-state index in [0.29, 0.717) is 10.7 Å². The maximum Gasteiger partial charge on any atom is 0.351 e. The summed E-state index contributed by atoms with van der Waals surface area (Å²) in [5.41, 5.74) is 13.0. The van der Waals surface area contributed by atoms with E-state index in [1.165, 1.54) is 4.90 Å². The number of hydrogen-bond acceptors (Lipinski definition) is 1. The summed E-state index contributed by atoms with van der Waals surface area (Å²) in [6.07, 6.45) is 0.881. The molecule has 1 rings (SSSR count). The number of carbonyl (C=O) groups is 1. The fraction of sp³-hybridized carbons (Fsp3) is 0.333. The van der Waals surface area contributed by atoms with Crippen molar-refractivity contribution in [2.45, 2.75) is 20.3 Å². The van der Waals surface area contributed by atoms with Gasteiger partial charge in [-0.25, -0.2) is 4.79 Å². The van der Waals surface area contributed by atoms with Crippen molar-refractivity contribution in [3.63, 3.8) is 0 Å². The third-order valence-corrected chi connectivity index (χ3v) is 2.86. The number of nitrogens with zero attached hydrogens (tertiary/aromatic N) is 2. The number of aliphatic imine (C=N–C) groups is 1. The maximum atomic E-state index is 11.7. The zero-order valence-electron chi connectivity index (χ0n) is 10.7. The van der Waals surface area contributed by atoms with Crippen molar-refractivity contribution in [1.29, 1.82) is 0 Å². The number of halogens is 1. The normalized spacial score (nSPS) is 10.0. The molecule has 0 aliphatic rings. The van der Waals surface area contributed by atoms with E-state index in [2.05, 4.69) is 4.99 Å². The quantitative estimate of drug-likeness (QED) is 0.636. The highest BCUT2D eigenvalue weighted by atomic mass is 35.5. The van der Waals surface area contributed by atoms with Crippen molar-refractivity contribution >= 4 is 29.3 Å². The number of carbonyl (C=O) groups excluding carboxylic acids is 1. The van der Waals surface area contributed by atoms with Gasteiger partial charge in [-0.1, -0.05) is 24.6 Å². The van der Waals surface area contributed by atoms with E-state index in [0.717, 1.165) is 17.5 Å². The average Bonchev–Trinajstić information content (AvgIpc) is 2.26. The molecule has 18 heavy (non-hydrogen) atoms. The first-order valence-corrected chi connectivity index (χ1v) is 5.91. The van der Waals surface area contributed by atoms with Crippen molar-refractivity contribution in [3.05, 3.63) is 28.3 Å². The Morgan fingerprint density at radius 3 is 2.50 bits per heavy atom. The second-order valence-corrected chi connectivity index (χ2v) is 4.38. The van der Waals surface area contributed by atoms with Crippen LogP contribution < -0.4 is 16.4 Å². The van der Waals surface area contributed by atoms with Gasteiger partial charge in [-0.3, -0.25) is 4.90 Å². The van der Waals surface area contributed by atoms with Gasteiger partial charge in [-0.05, 0) is 30.5 Å². The smallest absolute Gasteiger partial charge is 0.351 e. The molecule has 0 aliphatic heterocycles. The van der Waals surface area contributed by atoms with Crippen molar-refractivity contribution in [3.8, 4) is 0 Å². The summed E-state index contributed by atoms with van der Waals surface area (Å²) in [4.78, 5) is 16.5. The molecular weight excluding hydrogens is 252 g/mol. The minimum atomic E-state index is -0.552. The lowest BCUT2D eigenvalue weighted by Gasteiger charge is -2.19. The van der Waals surface area contributed by atoms with Crippen LogP contribution in [0.15, 0.2) is 17.1 Å². The molecule has 2 amide bonds. The van der Waals surface area contributed by atoms with Gasteiger partial charge in [-0.15, -0.1) is 0 Å². The van der Waals surface area contributed by atoms with Gasteiger partial charge in [-0.2, -0.15) is 4.99 Å². The van der Waals surface area contributed by atoms with Crippen molar-refractivity contribution in [1.82, 2.24) is 0 Å². The second-order valence-electron chi connectivity index (χ2n) is 3.97. The van der Waals surface area contributed by atoms with Crippen LogP contribution in [-0.4, -0.2) is 19.0 Å². The van der Waals surface area contributed by atoms with Crippen molar-refractivity contribution < 1.29 is 4.79 Å². The fourth-order valence-electron chi connectivity index (χ4n) is 1.72. The van der Waals surface area contributed by atoms with Crippen LogP contribution in [0.5, 0.6) is 0 Å². The lowest BCUT2D eigenvalue weighted by atomic mass is 10.1. The standard InChI is InChI=1S/C12H17ClN4O/c1-4-8-5-7(2)10(9(13)6-8)17(3)12(18)16-11(14)15/h5-6H,4H2,1-3H3,(H4,14,15,16,18). The molecule has 1 aromatic carbocycles. The van der Waals surface area contributed by atoms with Gasteiger partial charge >= 0.3 is 6.03 Å². The van der Waals surface area contributed by atoms with Crippen LogP contribution >= 0.6 is 11.6 Å². The Morgan fingerprint density at radius 1 is 1.44 bits per heavy atom. The van der Waals surface area contributed by atoms with Gasteiger partial charge in [0.25, 0.3) is 0 Å². The second kappa shape index (κ2) is 5.73. The summed E-state index contributed by atoms with van der Waals surface area (Å²) in [5.74, 6) is -0.272. The first-order valence-electron chi connectivity index (χ1n) is 5.53. The SMILES string of the molecule is CCc1cc(C)c(N(C)C(=O)N=C(N)N)c(Cl)c1. The van der Waals surface area contributed by atoms with Crippen molar-refractivity contribution in [2.24, 2.45) is 16.5 Å². The Kier molecular flexibility index (Phi) is 4.55. The van der Waals surface area contributed by atoms with Gasteiger partial charge in [0.15, 0.2) is 5.96 Å². The molecule has 0 unspecified atom stereocenters. The Labute approximate surface area is 111 Å². The molecule has 5 nitrogen and oxygen atoms in total. The maximum absolute atomic E-state index is 11.7. The zero-order valence-corrected chi connectivity index (χ0v) is 11.5. The van der Waals surface area contributed by atoms with Crippen LogP contribution in [0.3, 0.4) is 0 Å². The zero-order chi connectivity index (χ0) is 13.9. The summed E-state index contributed by atoms with van der Waals surface area (Å²) < 4.78 is 0. The fourth-order valence-corrected chi connectivity index (χ4v) is 2.13. The molecule has 98 valence electrons. The van der Waals surface area contributed by atoms with Crippen LogP contribution in [-0.2, 0) is 6.42 Å². The summed E-state index contributed by atoms with van der Waals surface area (Å²) in [5, 5.41) is 0.508. The highest BCUT2D eigenvalue weighted by molar-refractivity contribution is 6.34. The first-order chi connectivity index (χ1) is 8.36. The van der Waals surface area contributed by atoms with Gasteiger partial charge in [0.1, 0.15) is 0 Å².